The third-order valence-electron chi connectivity index (χ3n) is 6.49. The van der Waals surface area contributed by atoms with Gasteiger partial charge in [-0.3, -0.25) is 9.59 Å². The number of carboxylic acids is 1. The molecule has 1 aliphatic heterocycles. The third kappa shape index (κ3) is 3.20. The topological polar surface area (TPSA) is 95.0 Å². The number of carboxylic acid groups (broad SMARTS) is 1. The molecule has 9 heteroatoms. The fourth-order valence-electron chi connectivity index (χ4n) is 5.12. The Morgan fingerprint density at radius 1 is 0.964 bits per heavy atom. The highest BCUT2D eigenvalue weighted by Crippen LogP contribution is 2.53. The Bertz CT molecular complexity index is 880. The molecule has 0 radical (unpaired) electrons. The summed E-state index contributed by atoms with van der Waals surface area (Å²) in [6, 6.07) is 4.67. The van der Waals surface area contributed by atoms with Crippen LogP contribution in [0.25, 0.3) is 0 Å². The van der Waals surface area contributed by atoms with Crippen molar-refractivity contribution >= 4 is 21.9 Å². The van der Waals surface area contributed by atoms with Gasteiger partial charge < -0.3 is 10.0 Å². The first-order valence-corrected chi connectivity index (χ1v) is 11.0. The fraction of sp³-hybridized carbons (Fsp3) is 0.579. The number of piperazine rings is 1. The second-order valence-corrected chi connectivity index (χ2v) is 9.84. The first kappa shape index (κ1) is 19.3. The Kier molecular flexibility index (Phi) is 4.91. The molecule has 3 fully saturated rings. The van der Waals surface area contributed by atoms with Gasteiger partial charge >= 0.3 is 5.97 Å². The number of benzene rings is 1. The van der Waals surface area contributed by atoms with E-state index in [1.165, 1.54) is 16.4 Å². The molecule has 3 aliphatic rings. The molecule has 4 atom stereocenters. The number of nitrogens with zero attached hydrogens (tertiary/aromatic N) is 2. The van der Waals surface area contributed by atoms with Gasteiger partial charge in [-0.1, -0.05) is 0 Å². The minimum absolute atomic E-state index is 0.0210. The van der Waals surface area contributed by atoms with Crippen molar-refractivity contribution in [3.63, 3.8) is 0 Å². The minimum atomic E-state index is -3.74. The van der Waals surface area contributed by atoms with Crippen LogP contribution < -0.4 is 0 Å². The number of carbonyl (C=O) groups excluding carboxylic acids is 1. The molecule has 7 nitrogen and oxygen atoms in total. The molecule has 0 spiro atoms. The predicted molar refractivity (Wildman–Crippen MR) is 97.2 cm³/mol. The molecule has 152 valence electrons. The summed E-state index contributed by atoms with van der Waals surface area (Å²) in [6.07, 6.45) is 2.56. The molecule has 1 saturated heterocycles. The maximum Gasteiger partial charge on any atom is 0.307 e. The molecule has 2 saturated carbocycles. The number of sulfonamides is 1. The standard InChI is InChI=1S/C19H23FN2O5S/c20-14-3-5-15(6-4-14)28(26,27)22-9-7-21(8-10-22)18(23)16-12-1-2-13(11-12)17(16)19(24)25/h3-6,12-13,16-17H,1-2,7-11H2,(H,24,25)/t12-,13-,16-,17+/m0/s1. The number of hydrogen-bond acceptors (Lipinski definition) is 4. The number of hydrogen-bond donors (Lipinski definition) is 1. The lowest BCUT2D eigenvalue weighted by Crippen LogP contribution is -2.53. The van der Waals surface area contributed by atoms with Crippen molar-refractivity contribution in [1.82, 2.24) is 9.21 Å². The van der Waals surface area contributed by atoms with Crippen LogP contribution in [0.1, 0.15) is 19.3 Å². The molecule has 2 aliphatic carbocycles. The Hall–Kier alpha value is -2.00. The first-order valence-electron chi connectivity index (χ1n) is 9.56. The number of carbonyl (C=O) groups is 2. The smallest absolute Gasteiger partial charge is 0.307 e. The quantitative estimate of drug-likeness (QED) is 0.810. The largest absolute Gasteiger partial charge is 0.481 e. The molecule has 2 bridgehead atoms. The Balaban J connectivity index is 1.43. The van der Waals surface area contributed by atoms with E-state index in [4.69, 9.17) is 0 Å². The molecule has 1 heterocycles. The normalized spacial score (nSPS) is 30.5. The van der Waals surface area contributed by atoms with Crippen molar-refractivity contribution < 1.29 is 27.5 Å². The van der Waals surface area contributed by atoms with Crippen LogP contribution in [0.15, 0.2) is 29.2 Å². The zero-order chi connectivity index (χ0) is 20.1. The van der Waals surface area contributed by atoms with E-state index in [9.17, 15) is 27.5 Å². The van der Waals surface area contributed by atoms with Gasteiger partial charge in [0.05, 0.1) is 16.7 Å². The van der Waals surface area contributed by atoms with Crippen LogP contribution in [0, 0.1) is 29.5 Å². The van der Waals surface area contributed by atoms with E-state index in [0.29, 0.717) is 0 Å². The highest BCUT2D eigenvalue weighted by atomic mass is 32.2. The van der Waals surface area contributed by atoms with E-state index in [1.54, 1.807) is 4.90 Å². The zero-order valence-electron chi connectivity index (χ0n) is 15.3. The van der Waals surface area contributed by atoms with Gasteiger partial charge in [-0.15, -0.1) is 0 Å². The third-order valence-corrected chi connectivity index (χ3v) is 8.40. The molecule has 0 unspecified atom stereocenters. The Labute approximate surface area is 163 Å². The molecule has 1 amide bonds. The average Bonchev–Trinajstić information content (AvgIpc) is 3.29. The maximum atomic E-state index is 13.1. The lowest BCUT2D eigenvalue weighted by atomic mass is 9.78. The van der Waals surface area contributed by atoms with Crippen molar-refractivity contribution in [1.29, 1.82) is 0 Å². The molecule has 0 aromatic heterocycles. The van der Waals surface area contributed by atoms with Crippen LogP contribution in [0.2, 0.25) is 0 Å². The van der Waals surface area contributed by atoms with Crippen LogP contribution in [0.3, 0.4) is 0 Å². The minimum Gasteiger partial charge on any atom is -0.481 e. The van der Waals surface area contributed by atoms with Crippen LogP contribution >= 0.6 is 0 Å². The number of halogens is 1. The van der Waals surface area contributed by atoms with Gasteiger partial charge in [0.25, 0.3) is 0 Å². The zero-order valence-corrected chi connectivity index (χ0v) is 16.1. The summed E-state index contributed by atoms with van der Waals surface area (Å²) < 4.78 is 39.8. The van der Waals surface area contributed by atoms with Crippen LogP contribution in [0.5, 0.6) is 0 Å². The summed E-state index contributed by atoms with van der Waals surface area (Å²) in [5, 5.41) is 9.56. The van der Waals surface area contributed by atoms with Crippen molar-refractivity contribution in [2.75, 3.05) is 26.2 Å². The van der Waals surface area contributed by atoms with Crippen LogP contribution in [0.4, 0.5) is 4.39 Å². The summed E-state index contributed by atoms with van der Waals surface area (Å²) in [7, 11) is -3.74. The summed E-state index contributed by atoms with van der Waals surface area (Å²) >= 11 is 0. The molecular weight excluding hydrogens is 387 g/mol. The molecule has 28 heavy (non-hydrogen) atoms. The molecule has 1 aromatic rings. The highest BCUT2D eigenvalue weighted by molar-refractivity contribution is 7.89. The summed E-state index contributed by atoms with van der Waals surface area (Å²) in [5.41, 5.74) is 0. The fourth-order valence-corrected chi connectivity index (χ4v) is 6.54. The van der Waals surface area contributed by atoms with Crippen molar-refractivity contribution in [3.05, 3.63) is 30.1 Å². The predicted octanol–water partition coefficient (Wildman–Crippen LogP) is 1.41. The second-order valence-electron chi connectivity index (χ2n) is 7.91. The molecular formula is C19H23FN2O5S. The number of aliphatic carboxylic acids is 1. The van der Waals surface area contributed by atoms with Gasteiger partial charge in [-0.05, 0) is 55.4 Å². The van der Waals surface area contributed by atoms with E-state index in [-0.39, 0.29) is 48.8 Å². The van der Waals surface area contributed by atoms with Crippen LogP contribution in [-0.2, 0) is 19.6 Å². The van der Waals surface area contributed by atoms with E-state index < -0.39 is 33.6 Å². The number of rotatable bonds is 4. The highest BCUT2D eigenvalue weighted by Gasteiger charge is 2.55. The SMILES string of the molecule is O=C(O)[C@@H]1[C@H]2CC[C@@H](C2)[C@@H]1C(=O)N1CCN(S(=O)(=O)c2ccc(F)cc2)CC1. The Morgan fingerprint density at radius 3 is 2.11 bits per heavy atom. The van der Waals surface area contributed by atoms with Crippen molar-refractivity contribution in [2.45, 2.75) is 24.2 Å². The van der Waals surface area contributed by atoms with E-state index in [1.807, 2.05) is 0 Å². The lowest BCUT2D eigenvalue weighted by Gasteiger charge is -2.37. The average molecular weight is 410 g/mol. The number of fused-ring (bicyclic) bond motifs is 2. The summed E-state index contributed by atoms with van der Waals surface area (Å²) in [5.74, 6) is -2.46. The van der Waals surface area contributed by atoms with Gasteiger partial charge in [0.2, 0.25) is 15.9 Å². The molecule has 1 aromatic carbocycles. The van der Waals surface area contributed by atoms with Gasteiger partial charge in [0, 0.05) is 26.2 Å². The molecule has 1 N–H and O–H groups in total. The van der Waals surface area contributed by atoms with Crippen molar-refractivity contribution in [3.8, 4) is 0 Å². The van der Waals surface area contributed by atoms with Gasteiger partial charge in [-0.25, -0.2) is 12.8 Å². The van der Waals surface area contributed by atoms with E-state index >= 15 is 0 Å². The van der Waals surface area contributed by atoms with Gasteiger partial charge in [-0.2, -0.15) is 4.31 Å². The van der Waals surface area contributed by atoms with E-state index in [0.717, 1.165) is 31.4 Å². The number of amides is 1. The Morgan fingerprint density at radius 2 is 1.54 bits per heavy atom. The van der Waals surface area contributed by atoms with Gasteiger partial charge in [0.15, 0.2) is 0 Å². The summed E-state index contributed by atoms with van der Waals surface area (Å²) in [6.45, 7) is 0.757. The maximum absolute atomic E-state index is 13.1. The van der Waals surface area contributed by atoms with E-state index in [2.05, 4.69) is 0 Å². The van der Waals surface area contributed by atoms with Gasteiger partial charge in [0.1, 0.15) is 5.82 Å². The first-order chi connectivity index (χ1) is 13.3. The summed E-state index contributed by atoms with van der Waals surface area (Å²) in [4.78, 5) is 26.3. The molecule has 4 rings (SSSR count). The monoisotopic (exact) mass is 410 g/mol. The second kappa shape index (κ2) is 7.11. The van der Waals surface area contributed by atoms with Crippen molar-refractivity contribution in [2.24, 2.45) is 23.7 Å². The lowest BCUT2D eigenvalue weighted by molar-refractivity contribution is -0.153. The van der Waals surface area contributed by atoms with Crippen LogP contribution in [-0.4, -0.2) is 60.8 Å².